The molecule has 2 aromatic heterocycles. The molecule has 5 nitrogen and oxygen atoms in total. The summed E-state index contributed by atoms with van der Waals surface area (Å²) in [4.78, 5) is 15.5. The van der Waals surface area contributed by atoms with Crippen molar-refractivity contribution in [2.24, 2.45) is 0 Å². The van der Waals surface area contributed by atoms with Crippen molar-refractivity contribution in [1.29, 1.82) is 0 Å². The van der Waals surface area contributed by atoms with Crippen molar-refractivity contribution in [3.8, 4) is 11.3 Å². The molecule has 1 N–H and O–H groups in total. The summed E-state index contributed by atoms with van der Waals surface area (Å²) < 4.78 is 0. The first-order valence-electron chi connectivity index (χ1n) is 6.49. The van der Waals surface area contributed by atoms with E-state index in [-0.39, 0.29) is 6.04 Å². The van der Waals surface area contributed by atoms with Crippen molar-refractivity contribution in [2.45, 2.75) is 6.04 Å². The van der Waals surface area contributed by atoms with Crippen LogP contribution in [0.4, 0.5) is 0 Å². The minimum Gasteiger partial charge on any atom is -0.313 e. The number of hydrogen-bond donors (Lipinski definition) is 1. The van der Waals surface area contributed by atoms with Gasteiger partial charge in [-0.2, -0.15) is 0 Å². The lowest BCUT2D eigenvalue weighted by Crippen LogP contribution is -2.44. The highest BCUT2D eigenvalue weighted by Gasteiger charge is 2.22. The lowest BCUT2D eigenvalue weighted by atomic mass is 10.1. The Hall–Kier alpha value is -1.85. The second-order valence-electron chi connectivity index (χ2n) is 4.74. The standard InChI is InChI=1S/C14H17N5/c1-19-8-7-16-10-13(19)14-17-6-4-12(18-14)11-3-2-5-15-9-11/h2-6,9,13,16H,7-8,10H2,1H3. The molecule has 1 atom stereocenters. The third kappa shape index (κ3) is 2.62. The van der Waals surface area contributed by atoms with Gasteiger partial charge in [-0.3, -0.25) is 9.88 Å². The van der Waals surface area contributed by atoms with Crippen molar-refractivity contribution in [3.05, 3.63) is 42.6 Å². The first kappa shape index (κ1) is 12.2. The summed E-state index contributed by atoms with van der Waals surface area (Å²) in [5.74, 6) is 0.871. The van der Waals surface area contributed by atoms with Crippen LogP contribution in [0.5, 0.6) is 0 Å². The summed E-state index contributed by atoms with van der Waals surface area (Å²) in [6.45, 7) is 2.94. The van der Waals surface area contributed by atoms with Crippen LogP contribution in [-0.2, 0) is 0 Å². The molecule has 1 fully saturated rings. The van der Waals surface area contributed by atoms with E-state index >= 15 is 0 Å². The molecule has 1 aliphatic rings. The van der Waals surface area contributed by atoms with E-state index in [2.05, 4.69) is 32.2 Å². The van der Waals surface area contributed by atoms with Crippen LogP contribution in [0.25, 0.3) is 11.3 Å². The fourth-order valence-electron chi connectivity index (χ4n) is 2.30. The normalized spacial score (nSPS) is 20.4. The van der Waals surface area contributed by atoms with Crippen LogP contribution in [0.3, 0.4) is 0 Å². The van der Waals surface area contributed by atoms with Gasteiger partial charge in [0.05, 0.1) is 11.7 Å². The largest absolute Gasteiger partial charge is 0.313 e. The molecule has 19 heavy (non-hydrogen) atoms. The number of likely N-dealkylation sites (N-methyl/N-ethyl adjacent to an activating group) is 1. The molecule has 1 aliphatic heterocycles. The second kappa shape index (κ2) is 5.42. The fraction of sp³-hybridized carbons (Fsp3) is 0.357. The highest BCUT2D eigenvalue weighted by Crippen LogP contribution is 2.20. The van der Waals surface area contributed by atoms with Gasteiger partial charge in [0.2, 0.25) is 0 Å². The number of pyridine rings is 1. The van der Waals surface area contributed by atoms with Gasteiger partial charge in [0.15, 0.2) is 0 Å². The number of hydrogen-bond acceptors (Lipinski definition) is 5. The molecule has 1 saturated heterocycles. The Labute approximate surface area is 112 Å². The van der Waals surface area contributed by atoms with Crippen molar-refractivity contribution in [1.82, 2.24) is 25.2 Å². The molecule has 98 valence electrons. The number of piperazine rings is 1. The van der Waals surface area contributed by atoms with Gasteiger partial charge in [-0.05, 0) is 25.2 Å². The van der Waals surface area contributed by atoms with Gasteiger partial charge in [-0.25, -0.2) is 9.97 Å². The minimum atomic E-state index is 0.241. The summed E-state index contributed by atoms with van der Waals surface area (Å²) in [6, 6.07) is 6.11. The van der Waals surface area contributed by atoms with Crippen LogP contribution in [-0.4, -0.2) is 46.5 Å². The first-order valence-corrected chi connectivity index (χ1v) is 6.49. The summed E-state index contributed by atoms with van der Waals surface area (Å²) in [5.41, 5.74) is 1.95. The molecule has 0 aromatic carbocycles. The number of rotatable bonds is 2. The van der Waals surface area contributed by atoms with E-state index in [1.165, 1.54) is 0 Å². The Morgan fingerprint density at radius 1 is 1.32 bits per heavy atom. The van der Waals surface area contributed by atoms with E-state index in [1.807, 2.05) is 30.6 Å². The van der Waals surface area contributed by atoms with Crippen LogP contribution < -0.4 is 5.32 Å². The maximum atomic E-state index is 4.68. The van der Waals surface area contributed by atoms with Gasteiger partial charge in [-0.1, -0.05) is 0 Å². The summed E-state index contributed by atoms with van der Waals surface area (Å²) in [7, 11) is 2.12. The third-order valence-electron chi connectivity index (χ3n) is 3.44. The SMILES string of the molecule is CN1CCNCC1c1nccc(-c2cccnc2)n1. The highest BCUT2D eigenvalue weighted by molar-refractivity contribution is 5.56. The van der Waals surface area contributed by atoms with E-state index in [0.717, 1.165) is 36.7 Å². The zero-order valence-electron chi connectivity index (χ0n) is 11.0. The molecular formula is C14H17N5. The van der Waals surface area contributed by atoms with E-state index < -0.39 is 0 Å². The average Bonchev–Trinajstić information content (AvgIpc) is 2.49. The van der Waals surface area contributed by atoms with E-state index in [1.54, 1.807) is 6.20 Å². The van der Waals surface area contributed by atoms with Crippen LogP contribution in [0.2, 0.25) is 0 Å². The molecule has 1 unspecified atom stereocenters. The Kier molecular flexibility index (Phi) is 3.48. The molecule has 0 spiro atoms. The molecule has 2 aromatic rings. The summed E-state index contributed by atoms with van der Waals surface area (Å²) >= 11 is 0. The van der Waals surface area contributed by atoms with Crippen molar-refractivity contribution < 1.29 is 0 Å². The molecule has 3 heterocycles. The van der Waals surface area contributed by atoms with Crippen molar-refractivity contribution in [3.63, 3.8) is 0 Å². The summed E-state index contributed by atoms with van der Waals surface area (Å²) in [6.07, 6.45) is 5.42. The Balaban J connectivity index is 1.91. The van der Waals surface area contributed by atoms with Crippen molar-refractivity contribution >= 4 is 0 Å². The van der Waals surface area contributed by atoms with Gasteiger partial charge < -0.3 is 5.32 Å². The zero-order valence-corrected chi connectivity index (χ0v) is 11.0. The lowest BCUT2D eigenvalue weighted by molar-refractivity contribution is 0.194. The predicted molar refractivity (Wildman–Crippen MR) is 73.5 cm³/mol. The number of nitrogens with one attached hydrogen (secondary N) is 1. The molecule has 0 amide bonds. The fourth-order valence-corrected chi connectivity index (χ4v) is 2.30. The maximum Gasteiger partial charge on any atom is 0.147 e. The average molecular weight is 255 g/mol. The van der Waals surface area contributed by atoms with Gasteiger partial charge in [0.1, 0.15) is 5.82 Å². The van der Waals surface area contributed by atoms with Crippen LogP contribution in [0, 0.1) is 0 Å². The van der Waals surface area contributed by atoms with Crippen LogP contribution in [0.1, 0.15) is 11.9 Å². The lowest BCUT2D eigenvalue weighted by Gasteiger charge is -2.31. The van der Waals surface area contributed by atoms with Crippen molar-refractivity contribution in [2.75, 3.05) is 26.7 Å². The Bertz CT molecular complexity index is 543. The molecule has 0 aliphatic carbocycles. The van der Waals surface area contributed by atoms with Gasteiger partial charge >= 0.3 is 0 Å². The molecule has 0 radical (unpaired) electrons. The quantitative estimate of drug-likeness (QED) is 0.871. The van der Waals surface area contributed by atoms with Gasteiger partial charge in [0.25, 0.3) is 0 Å². The topological polar surface area (TPSA) is 53.9 Å². The summed E-state index contributed by atoms with van der Waals surface area (Å²) in [5, 5.41) is 3.39. The number of nitrogens with zero attached hydrogens (tertiary/aromatic N) is 4. The molecule has 3 rings (SSSR count). The van der Waals surface area contributed by atoms with Gasteiger partial charge in [0, 0.05) is 43.8 Å². The first-order chi connectivity index (χ1) is 9.34. The smallest absolute Gasteiger partial charge is 0.147 e. The predicted octanol–water partition coefficient (Wildman–Crippen LogP) is 1.11. The Morgan fingerprint density at radius 3 is 3.05 bits per heavy atom. The highest BCUT2D eigenvalue weighted by atomic mass is 15.2. The minimum absolute atomic E-state index is 0.241. The van der Waals surface area contributed by atoms with E-state index in [9.17, 15) is 0 Å². The Morgan fingerprint density at radius 2 is 2.26 bits per heavy atom. The zero-order chi connectivity index (χ0) is 13.1. The van der Waals surface area contributed by atoms with E-state index in [4.69, 9.17) is 0 Å². The molecule has 5 heteroatoms. The van der Waals surface area contributed by atoms with Crippen LogP contribution >= 0.6 is 0 Å². The molecular weight excluding hydrogens is 238 g/mol. The monoisotopic (exact) mass is 255 g/mol. The molecule has 0 saturated carbocycles. The van der Waals surface area contributed by atoms with E-state index in [0.29, 0.717) is 0 Å². The second-order valence-corrected chi connectivity index (χ2v) is 4.74. The molecule has 0 bridgehead atoms. The van der Waals surface area contributed by atoms with Crippen LogP contribution in [0.15, 0.2) is 36.8 Å². The third-order valence-corrected chi connectivity index (χ3v) is 3.44. The van der Waals surface area contributed by atoms with Gasteiger partial charge in [-0.15, -0.1) is 0 Å². The number of aromatic nitrogens is 3. The maximum absolute atomic E-state index is 4.68.